The number of hydrogen-bond donors (Lipinski definition) is 3. The van der Waals surface area contributed by atoms with Gasteiger partial charge in [0.05, 0.1) is 31.3 Å². The maximum absolute atomic E-state index is 9.29. The summed E-state index contributed by atoms with van der Waals surface area (Å²) in [7, 11) is 0. The number of rotatable bonds is 2. The molecule has 1 aromatic rings. The molecule has 5 heteroatoms. The van der Waals surface area contributed by atoms with Crippen molar-refractivity contribution in [2.24, 2.45) is 5.92 Å². The van der Waals surface area contributed by atoms with Gasteiger partial charge in [-0.05, 0) is 6.42 Å². The zero-order valence-corrected chi connectivity index (χ0v) is 9.15. The molecule has 3 atom stereocenters. The summed E-state index contributed by atoms with van der Waals surface area (Å²) in [6, 6.07) is 0.369. The smallest absolute Gasteiger partial charge is 0.0925 e. The maximum Gasteiger partial charge on any atom is 0.0925 e. The Labute approximate surface area is 94.2 Å². The van der Waals surface area contributed by atoms with Crippen LogP contribution in [0.15, 0.2) is 6.33 Å². The lowest BCUT2D eigenvalue weighted by Gasteiger charge is -2.32. The molecule has 2 aliphatic heterocycles. The predicted octanol–water partition coefficient (Wildman–Crippen LogP) is -0.00610. The first-order chi connectivity index (χ1) is 7.88. The molecule has 3 N–H and O–H groups in total. The molecule has 1 saturated heterocycles. The molecule has 0 bridgehead atoms. The third-order valence-electron chi connectivity index (χ3n) is 3.57. The summed E-state index contributed by atoms with van der Waals surface area (Å²) in [5.74, 6) is 0.483. The minimum absolute atomic E-state index is 0.138. The summed E-state index contributed by atoms with van der Waals surface area (Å²) in [4.78, 5) is 7.57. The Hall–Kier alpha value is -0.910. The average Bonchev–Trinajstić information content (AvgIpc) is 2.98. The maximum atomic E-state index is 9.29. The van der Waals surface area contributed by atoms with Gasteiger partial charge in [-0.2, -0.15) is 0 Å². The van der Waals surface area contributed by atoms with Gasteiger partial charge in [-0.25, -0.2) is 4.98 Å². The van der Waals surface area contributed by atoms with E-state index < -0.39 is 0 Å². The van der Waals surface area contributed by atoms with Crippen molar-refractivity contribution in [2.75, 3.05) is 19.8 Å². The Balaban J connectivity index is 1.87. The molecule has 3 unspecified atom stereocenters. The van der Waals surface area contributed by atoms with E-state index in [1.54, 1.807) is 6.33 Å². The van der Waals surface area contributed by atoms with Crippen LogP contribution in [0.3, 0.4) is 0 Å². The van der Waals surface area contributed by atoms with Gasteiger partial charge in [0.2, 0.25) is 0 Å². The van der Waals surface area contributed by atoms with Crippen LogP contribution < -0.4 is 5.32 Å². The molecule has 3 rings (SSSR count). The van der Waals surface area contributed by atoms with Crippen LogP contribution in [0, 0.1) is 5.92 Å². The molecule has 0 radical (unpaired) electrons. The third-order valence-corrected chi connectivity index (χ3v) is 3.57. The van der Waals surface area contributed by atoms with Gasteiger partial charge in [0.25, 0.3) is 0 Å². The van der Waals surface area contributed by atoms with Crippen LogP contribution >= 0.6 is 0 Å². The molecule has 0 aromatic carbocycles. The third kappa shape index (κ3) is 1.65. The van der Waals surface area contributed by atoms with Crippen LogP contribution in [-0.2, 0) is 11.2 Å². The van der Waals surface area contributed by atoms with Crippen LogP contribution in [0.2, 0.25) is 0 Å². The molecule has 16 heavy (non-hydrogen) atoms. The molecule has 0 saturated carbocycles. The highest BCUT2D eigenvalue weighted by Gasteiger charge is 2.35. The molecule has 88 valence electrons. The van der Waals surface area contributed by atoms with E-state index in [0.29, 0.717) is 5.92 Å². The van der Waals surface area contributed by atoms with Crippen LogP contribution in [0.4, 0.5) is 0 Å². The number of nitrogens with zero attached hydrogens (tertiary/aromatic N) is 1. The molecule has 2 aliphatic rings. The van der Waals surface area contributed by atoms with E-state index in [0.717, 1.165) is 37.4 Å². The first-order valence-corrected chi connectivity index (χ1v) is 5.85. The van der Waals surface area contributed by atoms with Crippen molar-refractivity contribution in [1.82, 2.24) is 15.3 Å². The second kappa shape index (κ2) is 4.16. The monoisotopic (exact) mass is 223 g/mol. The van der Waals surface area contributed by atoms with E-state index in [-0.39, 0.29) is 18.7 Å². The minimum atomic E-state index is 0.138. The topological polar surface area (TPSA) is 70.2 Å². The highest BCUT2D eigenvalue weighted by atomic mass is 16.5. The Morgan fingerprint density at radius 3 is 3.25 bits per heavy atom. The van der Waals surface area contributed by atoms with Crippen LogP contribution in [0.25, 0.3) is 0 Å². The van der Waals surface area contributed by atoms with Crippen molar-refractivity contribution < 1.29 is 9.84 Å². The predicted molar refractivity (Wildman–Crippen MR) is 58.0 cm³/mol. The quantitative estimate of drug-likeness (QED) is 0.659. The largest absolute Gasteiger partial charge is 0.395 e. The van der Waals surface area contributed by atoms with E-state index in [4.69, 9.17) is 4.74 Å². The van der Waals surface area contributed by atoms with Crippen molar-refractivity contribution in [3.63, 3.8) is 0 Å². The first kappa shape index (κ1) is 10.3. The fraction of sp³-hybridized carbons (Fsp3) is 0.727. The molecule has 1 aromatic heterocycles. The van der Waals surface area contributed by atoms with Gasteiger partial charge >= 0.3 is 0 Å². The summed E-state index contributed by atoms with van der Waals surface area (Å²) >= 11 is 0. The Morgan fingerprint density at radius 2 is 2.50 bits per heavy atom. The van der Waals surface area contributed by atoms with Crippen LogP contribution in [-0.4, -0.2) is 40.9 Å². The number of aliphatic hydroxyl groups excluding tert-OH is 1. The lowest BCUT2D eigenvalue weighted by molar-refractivity contribution is 0.161. The molecule has 5 nitrogen and oxygen atoms in total. The second-order valence-electron chi connectivity index (χ2n) is 4.62. The Kier molecular flexibility index (Phi) is 2.67. The van der Waals surface area contributed by atoms with Crippen molar-refractivity contribution in [2.45, 2.75) is 24.9 Å². The zero-order valence-electron chi connectivity index (χ0n) is 9.15. The Morgan fingerprint density at radius 1 is 1.56 bits per heavy atom. The number of ether oxygens (including phenoxy) is 1. The van der Waals surface area contributed by atoms with Gasteiger partial charge in [0, 0.05) is 30.7 Å². The van der Waals surface area contributed by atoms with Crippen LogP contribution in [0.5, 0.6) is 0 Å². The number of hydrogen-bond acceptors (Lipinski definition) is 4. The molecule has 3 heterocycles. The lowest BCUT2D eigenvalue weighted by Crippen LogP contribution is -2.44. The molecular weight excluding hydrogens is 206 g/mol. The number of nitrogens with one attached hydrogen (secondary N) is 2. The lowest BCUT2D eigenvalue weighted by atomic mass is 9.89. The number of fused-ring (bicyclic) bond motifs is 1. The summed E-state index contributed by atoms with van der Waals surface area (Å²) in [6.07, 6.45) is 3.65. The van der Waals surface area contributed by atoms with Crippen molar-refractivity contribution in [3.8, 4) is 0 Å². The van der Waals surface area contributed by atoms with E-state index in [2.05, 4.69) is 15.3 Å². The van der Waals surface area contributed by atoms with Gasteiger partial charge < -0.3 is 20.1 Å². The standard InChI is InChI=1S/C11H17N3O2/c15-4-8-3-9-11(13-6-12-9)10(14-8)7-1-2-16-5-7/h6-8,10,14-15H,1-5H2,(H,12,13). The number of aromatic amines is 1. The normalized spacial score (nSPS) is 33.9. The van der Waals surface area contributed by atoms with E-state index in [1.807, 2.05) is 0 Å². The van der Waals surface area contributed by atoms with Crippen molar-refractivity contribution in [1.29, 1.82) is 0 Å². The van der Waals surface area contributed by atoms with Crippen molar-refractivity contribution >= 4 is 0 Å². The highest BCUT2D eigenvalue weighted by Crippen LogP contribution is 2.32. The minimum Gasteiger partial charge on any atom is -0.395 e. The summed E-state index contributed by atoms with van der Waals surface area (Å²) in [5, 5.41) is 12.8. The molecule has 0 aliphatic carbocycles. The van der Waals surface area contributed by atoms with Gasteiger partial charge in [0.1, 0.15) is 0 Å². The van der Waals surface area contributed by atoms with Gasteiger partial charge in [-0.15, -0.1) is 0 Å². The SMILES string of the molecule is OCC1Cc2[nH]cnc2C(C2CCOC2)N1. The van der Waals surface area contributed by atoms with E-state index in [9.17, 15) is 5.11 Å². The van der Waals surface area contributed by atoms with Gasteiger partial charge in [0.15, 0.2) is 0 Å². The summed E-state index contributed by atoms with van der Waals surface area (Å²) in [6.45, 7) is 1.80. The van der Waals surface area contributed by atoms with Crippen molar-refractivity contribution in [3.05, 3.63) is 17.7 Å². The molecule has 0 spiro atoms. The zero-order chi connectivity index (χ0) is 11.0. The molecular formula is C11H17N3O2. The summed E-state index contributed by atoms with van der Waals surface area (Å²) in [5.41, 5.74) is 2.27. The average molecular weight is 223 g/mol. The molecule has 1 fully saturated rings. The van der Waals surface area contributed by atoms with Gasteiger partial charge in [-0.1, -0.05) is 0 Å². The number of imidazole rings is 1. The highest BCUT2D eigenvalue weighted by molar-refractivity contribution is 5.22. The van der Waals surface area contributed by atoms with Crippen LogP contribution in [0.1, 0.15) is 23.9 Å². The fourth-order valence-electron chi connectivity index (χ4n) is 2.69. The van der Waals surface area contributed by atoms with Gasteiger partial charge in [-0.3, -0.25) is 0 Å². The number of H-pyrrole nitrogens is 1. The van der Waals surface area contributed by atoms with E-state index in [1.165, 1.54) is 0 Å². The fourth-order valence-corrected chi connectivity index (χ4v) is 2.69. The van der Waals surface area contributed by atoms with E-state index >= 15 is 0 Å². The Bertz CT molecular complexity index is 360. The summed E-state index contributed by atoms with van der Waals surface area (Å²) < 4.78 is 5.43. The first-order valence-electron chi connectivity index (χ1n) is 5.85. The number of aromatic nitrogens is 2. The number of aliphatic hydroxyl groups is 1. The second-order valence-corrected chi connectivity index (χ2v) is 4.62. The molecule has 0 amide bonds.